The van der Waals surface area contributed by atoms with Crippen molar-refractivity contribution in [2.45, 2.75) is 20.0 Å². The first-order chi connectivity index (χ1) is 10.0. The Balaban J connectivity index is 2.52. The molecule has 0 bridgehead atoms. The van der Waals surface area contributed by atoms with Crippen LogP contribution >= 0.6 is 11.6 Å². The van der Waals surface area contributed by atoms with E-state index in [1.54, 1.807) is 26.0 Å². The third-order valence-corrected chi connectivity index (χ3v) is 3.20. The van der Waals surface area contributed by atoms with Gasteiger partial charge in [0.1, 0.15) is 5.56 Å². The van der Waals surface area contributed by atoms with Crippen molar-refractivity contribution in [3.8, 4) is 16.9 Å². The lowest BCUT2D eigenvalue weighted by Crippen LogP contribution is -2.13. The monoisotopic (exact) mass is 304 g/mol. The van der Waals surface area contributed by atoms with Gasteiger partial charge < -0.3 is 9.47 Å². The minimum atomic E-state index is -0.443. The molecule has 3 nitrogen and oxygen atoms in total. The number of hydrogen-bond donors (Lipinski definition) is 0. The fraction of sp³-hybridized carbons (Fsp3) is 0.235. The van der Waals surface area contributed by atoms with Gasteiger partial charge in [-0.3, -0.25) is 0 Å². The third-order valence-electron chi connectivity index (χ3n) is 2.92. The van der Waals surface area contributed by atoms with Crippen molar-refractivity contribution in [1.82, 2.24) is 0 Å². The molecule has 0 atom stereocenters. The smallest absolute Gasteiger partial charge is 0.342 e. The lowest BCUT2D eigenvalue weighted by molar-refractivity contribution is 0.0374. The van der Waals surface area contributed by atoms with E-state index in [1.165, 1.54) is 7.11 Å². The molecule has 0 fully saturated rings. The van der Waals surface area contributed by atoms with E-state index in [4.69, 9.17) is 21.1 Å². The van der Waals surface area contributed by atoms with Crippen LogP contribution in [-0.4, -0.2) is 19.2 Å². The highest BCUT2D eigenvalue weighted by Crippen LogP contribution is 2.34. The second-order valence-corrected chi connectivity index (χ2v) is 5.27. The Bertz CT molecular complexity index is 636. The van der Waals surface area contributed by atoms with Gasteiger partial charge in [0, 0.05) is 0 Å². The molecule has 0 aromatic heterocycles. The van der Waals surface area contributed by atoms with Gasteiger partial charge in [-0.05, 0) is 37.1 Å². The van der Waals surface area contributed by atoms with Crippen molar-refractivity contribution in [1.29, 1.82) is 0 Å². The molecular weight excluding hydrogens is 288 g/mol. The molecule has 0 aliphatic carbocycles. The lowest BCUT2D eigenvalue weighted by atomic mass is 10.0. The minimum absolute atomic E-state index is 0.207. The number of esters is 1. The predicted octanol–water partition coefficient (Wildman–Crippen LogP) is 4.58. The van der Waals surface area contributed by atoms with Crippen molar-refractivity contribution >= 4 is 17.6 Å². The number of carbonyl (C=O) groups is 1. The molecule has 2 aromatic carbocycles. The zero-order valence-corrected chi connectivity index (χ0v) is 13.0. The van der Waals surface area contributed by atoms with Crippen LogP contribution in [0, 0.1) is 0 Å². The second kappa shape index (κ2) is 6.64. The predicted molar refractivity (Wildman–Crippen MR) is 84.0 cm³/mol. The van der Waals surface area contributed by atoms with Gasteiger partial charge in [0.2, 0.25) is 0 Å². The molecule has 2 rings (SSSR count). The summed E-state index contributed by atoms with van der Waals surface area (Å²) < 4.78 is 10.5. The summed E-state index contributed by atoms with van der Waals surface area (Å²) in [6, 6.07) is 13.2. The Morgan fingerprint density at radius 3 is 2.33 bits per heavy atom. The van der Waals surface area contributed by atoms with E-state index in [9.17, 15) is 4.79 Å². The first-order valence-corrected chi connectivity index (χ1v) is 7.04. The van der Waals surface area contributed by atoms with Gasteiger partial charge in [-0.1, -0.05) is 41.9 Å². The number of rotatable bonds is 4. The molecule has 0 aliphatic heterocycles. The molecule has 21 heavy (non-hydrogen) atoms. The van der Waals surface area contributed by atoms with Crippen molar-refractivity contribution in [3.63, 3.8) is 0 Å². The zero-order chi connectivity index (χ0) is 15.4. The van der Waals surface area contributed by atoms with Gasteiger partial charge >= 0.3 is 5.97 Å². The van der Waals surface area contributed by atoms with Crippen LogP contribution in [0.3, 0.4) is 0 Å². The van der Waals surface area contributed by atoms with E-state index in [2.05, 4.69) is 0 Å². The number of ether oxygens (including phenoxy) is 2. The highest BCUT2D eigenvalue weighted by molar-refractivity contribution is 6.33. The summed E-state index contributed by atoms with van der Waals surface area (Å²) in [5, 5.41) is 0.384. The maximum Gasteiger partial charge on any atom is 0.342 e. The number of carbonyl (C=O) groups excluding carboxylic acids is 1. The van der Waals surface area contributed by atoms with E-state index >= 15 is 0 Å². The van der Waals surface area contributed by atoms with E-state index in [1.807, 2.05) is 30.3 Å². The Kier molecular flexibility index (Phi) is 4.86. The Labute approximate surface area is 129 Å². The fourth-order valence-corrected chi connectivity index (χ4v) is 2.32. The molecule has 2 aromatic rings. The van der Waals surface area contributed by atoms with Crippen LogP contribution in [0.1, 0.15) is 24.2 Å². The average molecular weight is 305 g/mol. The summed E-state index contributed by atoms with van der Waals surface area (Å²) in [6.45, 7) is 3.60. The fourth-order valence-electron chi connectivity index (χ4n) is 2.03. The molecule has 0 spiro atoms. The number of methoxy groups -OCH3 is 1. The molecule has 0 unspecified atom stereocenters. The quantitative estimate of drug-likeness (QED) is 0.776. The summed E-state index contributed by atoms with van der Waals surface area (Å²) in [5.74, 6) is -0.108. The number of halogens is 1. The summed E-state index contributed by atoms with van der Waals surface area (Å²) in [5.41, 5.74) is 2.15. The summed E-state index contributed by atoms with van der Waals surface area (Å²) >= 11 is 6.23. The highest BCUT2D eigenvalue weighted by atomic mass is 35.5. The Hall–Kier alpha value is -2.00. The van der Waals surface area contributed by atoms with E-state index in [0.29, 0.717) is 16.3 Å². The average Bonchev–Trinajstić information content (AvgIpc) is 2.46. The van der Waals surface area contributed by atoms with Gasteiger partial charge in [0.15, 0.2) is 5.75 Å². The summed E-state index contributed by atoms with van der Waals surface area (Å²) in [6.07, 6.45) is -0.207. The third kappa shape index (κ3) is 3.56. The molecule has 0 aliphatic rings. The molecule has 0 saturated carbocycles. The molecule has 0 saturated heterocycles. The number of hydrogen-bond acceptors (Lipinski definition) is 3. The zero-order valence-electron chi connectivity index (χ0n) is 12.2. The molecule has 0 radical (unpaired) electrons. The van der Waals surface area contributed by atoms with Gasteiger partial charge in [-0.15, -0.1) is 0 Å². The standard InChI is InChI=1S/C17H17ClO3/c1-11(2)21-17(19)14-9-13(10-15(18)16(14)20-3)12-7-5-4-6-8-12/h4-11H,1-3H3. The maximum atomic E-state index is 12.2. The normalized spacial score (nSPS) is 10.5. The largest absolute Gasteiger partial charge is 0.494 e. The van der Waals surface area contributed by atoms with Crippen LogP contribution in [0.5, 0.6) is 5.75 Å². The van der Waals surface area contributed by atoms with Crippen LogP contribution in [0.25, 0.3) is 11.1 Å². The molecule has 0 amide bonds. The lowest BCUT2D eigenvalue weighted by Gasteiger charge is -2.14. The number of benzene rings is 2. The van der Waals surface area contributed by atoms with E-state index in [-0.39, 0.29) is 6.10 Å². The van der Waals surface area contributed by atoms with E-state index in [0.717, 1.165) is 11.1 Å². The SMILES string of the molecule is COc1c(Cl)cc(-c2ccccc2)cc1C(=O)OC(C)C. The van der Waals surface area contributed by atoms with Crippen molar-refractivity contribution in [3.05, 3.63) is 53.1 Å². The van der Waals surface area contributed by atoms with Crippen LogP contribution in [0.15, 0.2) is 42.5 Å². The highest BCUT2D eigenvalue weighted by Gasteiger charge is 2.19. The van der Waals surface area contributed by atoms with Crippen LogP contribution in [0.4, 0.5) is 0 Å². The van der Waals surface area contributed by atoms with Crippen molar-refractivity contribution in [2.75, 3.05) is 7.11 Å². The topological polar surface area (TPSA) is 35.5 Å². The van der Waals surface area contributed by atoms with Crippen molar-refractivity contribution < 1.29 is 14.3 Å². The maximum absolute atomic E-state index is 12.2. The molecular formula is C17H17ClO3. The second-order valence-electron chi connectivity index (χ2n) is 4.86. The molecule has 4 heteroatoms. The molecule has 0 heterocycles. The first-order valence-electron chi connectivity index (χ1n) is 6.67. The Morgan fingerprint density at radius 1 is 1.10 bits per heavy atom. The van der Waals surface area contributed by atoms with Gasteiger partial charge in [0.05, 0.1) is 18.2 Å². The summed E-state index contributed by atoms with van der Waals surface area (Å²) in [7, 11) is 1.48. The van der Waals surface area contributed by atoms with Crippen LogP contribution in [0.2, 0.25) is 5.02 Å². The Morgan fingerprint density at radius 2 is 1.76 bits per heavy atom. The molecule has 110 valence electrons. The van der Waals surface area contributed by atoms with Gasteiger partial charge in [-0.25, -0.2) is 4.79 Å². The van der Waals surface area contributed by atoms with Crippen LogP contribution < -0.4 is 4.74 Å². The van der Waals surface area contributed by atoms with Crippen LogP contribution in [-0.2, 0) is 4.74 Å². The first kappa shape index (κ1) is 15.4. The molecule has 0 N–H and O–H groups in total. The minimum Gasteiger partial charge on any atom is -0.494 e. The van der Waals surface area contributed by atoms with Gasteiger partial charge in [0.25, 0.3) is 0 Å². The van der Waals surface area contributed by atoms with Gasteiger partial charge in [-0.2, -0.15) is 0 Å². The summed E-state index contributed by atoms with van der Waals surface area (Å²) in [4.78, 5) is 12.2. The van der Waals surface area contributed by atoms with Crippen molar-refractivity contribution in [2.24, 2.45) is 0 Å². The van der Waals surface area contributed by atoms with E-state index < -0.39 is 5.97 Å².